The maximum absolute atomic E-state index is 11.5. The van der Waals surface area contributed by atoms with Gasteiger partial charge in [0.25, 0.3) is 0 Å². The van der Waals surface area contributed by atoms with Gasteiger partial charge in [0, 0.05) is 6.54 Å². The Balaban J connectivity index is 2.32. The van der Waals surface area contributed by atoms with Crippen LogP contribution in [-0.2, 0) is 4.79 Å². The topological polar surface area (TPSA) is 64.9 Å². The molecule has 0 saturated carbocycles. The Labute approximate surface area is 108 Å². The number of anilines is 1. The second kappa shape index (κ2) is 8.13. The molecule has 1 aromatic rings. The van der Waals surface area contributed by atoms with Crippen molar-refractivity contribution >= 4 is 11.6 Å². The number of nitrogens with zero attached hydrogens (tertiary/aromatic N) is 1. The number of carbonyl (C=O) groups is 1. The summed E-state index contributed by atoms with van der Waals surface area (Å²) in [4.78, 5) is 11.5. The van der Waals surface area contributed by atoms with Crippen molar-refractivity contribution in [2.75, 3.05) is 18.4 Å². The van der Waals surface area contributed by atoms with Gasteiger partial charge in [-0.15, -0.1) is 0 Å². The van der Waals surface area contributed by atoms with Gasteiger partial charge in [0.15, 0.2) is 0 Å². The normalized spacial score (nSPS) is 9.56. The molecule has 0 bridgehead atoms. The van der Waals surface area contributed by atoms with Crippen molar-refractivity contribution in [2.24, 2.45) is 0 Å². The van der Waals surface area contributed by atoms with Crippen molar-refractivity contribution in [3.8, 4) is 6.07 Å². The molecule has 18 heavy (non-hydrogen) atoms. The van der Waals surface area contributed by atoms with Gasteiger partial charge in [0.1, 0.15) is 6.07 Å². The quantitative estimate of drug-likeness (QED) is 0.724. The molecule has 0 aromatic heterocycles. The Morgan fingerprint density at radius 1 is 1.33 bits per heavy atom. The molecule has 0 aliphatic rings. The van der Waals surface area contributed by atoms with E-state index >= 15 is 0 Å². The van der Waals surface area contributed by atoms with E-state index in [-0.39, 0.29) is 12.5 Å². The molecule has 0 radical (unpaired) electrons. The fraction of sp³-hybridized carbons (Fsp3) is 0.429. The summed E-state index contributed by atoms with van der Waals surface area (Å²) < 4.78 is 0. The van der Waals surface area contributed by atoms with Gasteiger partial charge in [0.05, 0.1) is 17.8 Å². The Hall–Kier alpha value is -2.02. The summed E-state index contributed by atoms with van der Waals surface area (Å²) in [5, 5.41) is 14.7. The van der Waals surface area contributed by atoms with Gasteiger partial charge in [-0.3, -0.25) is 4.79 Å². The lowest BCUT2D eigenvalue weighted by Crippen LogP contribution is -2.30. The molecule has 1 aromatic carbocycles. The number of para-hydroxylation sites is 1. The van der Waals surface area contributed by atoms with E-state index in [4.69, 9.17) is 5.26 Å². The van der Waals surface area contributed by atoms with E-state index < -0.39 is 0 Å². The maximum atomic E-state index is 11.5. The third kappa shape index (κ3) is 4.88. The molecule has 0 spiro atoms. The number of rotatable bonds is 7. The second-order valence-corrected chi connectivity index (χ2v) is 4.07. The highest BCUT2D eigenvalue weighted by atomic mass is 16.1. The molecule has 4 nitrogen and oxygen atoms in total. The van der Waals surface area contributed by atoms with Crippen LogP contribution in [0.2, 0.25) is 0 Å². The molecule has 96 valence electrons. The van der Waals surface area contributed by atoms with E-state index in [1.165, 1.54) is 0 Å². The third-order valence-electron chi connectivity index (χ3n) is 2.59. The minimum Gasteiger partial charge on any atom is -0.375 e. The molecule has 4 heteroatoms. The van der Waals surface area contributed by atoms with Crippen LogP contribution in [0.15, 0.2) is 24.3 Å². The van der Waals surface area contributed by atoms with E-state index in [2.05, 4.69) is 23.6 Å². The predicted octanol–water partition coefficient (Wildman–Crippen LogP) is 2.28. The highest BCUT2D eigenvalue weighted by molar-refractivity contribution is 5.81. The van der Waals surface area contributed by atoms with Crippen LogP contribution < -0.4 is 10.6 Å². The third-order valence-corrected chi connectivity index (χ3v) is 2.59. The van der Waals surface area contributed by atoms with Crippen LogP contribution in [0.4, 0.5) is 5.69 Å². The van der Waals surface area contributed by atoms with Gasteiger partial charge in [-0.05, 0) is 18.6 Å². The summed E-state index contributed by atoms with van der Waals surface area (Å²) in [7, 11) is 0. The molecule has 1 rings (SSSR count). The molecule has 0 heterocycles. The van der Waals surface area contributed by atoms with Crippen LogP contribution >= 0.6 is 0 Å². The molecule has 2 N–H and O–H groups in total. The summed E-state index contributed by atoms with van der Waals surface area (Å²) in [6, 6.07) is 9.24. The highest BCUT2D eigenvalue weighted by Crippen LogP contribution is 2.12. The zero-order valence-electron chi connectivity index (χ0n) is 10.7. The lowest BCUT2D eigenvalue weighted by molar-refractivity contribution is -0.119. The number of carbonyl (C=O) groups excluding carboxylic acids is 1. The molecule has 0 aliphatic carbocycles. The minimum atomic E-state index is -0.0427. The molecular weight excluding hydrogens is 226 g/mol. The van der Waals surface area contributed by atoms with Crippen molar-refractivity contribution in [2.45, 2.75) is 26.2 Å². The first kappa shape index (κ1) is 14.0. The van der Waals surface area contributed by atoms with E-state index in [1.54, 1.807) is 18.2 Å². The Morgan fingerprint density at radius 3 is 2.83 bits per heavy atom. The van der Waals surface area contributed by atoms with Crippen LogP contribution in [0, 0.1) is 11.3 Å². The van der Waals surface area contributed by atoms with E-state index in [0.29, 0.717) is 17.8 Å². The fourth-order valence-corrected chi connectivity index (χ4v) is 1.58. The van der Waals surface area contributed by atoms with Gasteiger partial charge in [0.2, 0.25) is 5.91 Å². The molecule has 0 unspecified atom stereocenters. The van der Waals surface area contributed by atoms with Crippen molar-refractivity contribution in [3.63, 3.8) is 0 Å². The van der Waals surface area contributed by atoms with Gasteiger partial charge in [-0.25, -0.2) is 0 Å². The summed E-state index contributed by atoms with van der Waals surface area (Å²) in [5.74, 6) is -0.0427. The van der Waals surface area contributed by atoms with E-state index in [0.717, 1.165) is 19.3 Å². The zero-order chi connectivity index (χ0) is 13.2. The van der Waals surface area contributed by atoms with Crippen molar-refractivity contribution in [1.82, 2.24) is 5.32 Å². The lowest BCUT2D eigenvalue weighted by Gasteiger charge is -2.08. The van der Waals surface area contributed by atoms with Crippen LogP contribution in [0.25, 0.3) is 0 Å². The van der Waals surface area contributed by atoms with Crippen molar-refractivity contribution in [3.05, 3.63) is 29.8 Å². The summed E-state index contributed by atoms with van der Waals surface area (Å²) >= 11 is 0. The van der Waals surface area contributed by atoms with Crippen LogP contribution in [0.3, 0.4) is 0 Å². The average molecular weight is 245 g/mol. The number of unbranched alkanes of at least 4 members (excludes halogenated alkanes) is 2. The molecule has 0 saturated heterocycles. The van der Waals surface area contributed by atoms with Crippen LogP contribution in [0.1, 0.15) is 31.7 Å². The van der Waals surface area contributed by atoms with Crippen LogP contribution in [-0.4, -0.2) is 19.0 Å². The van der Waals surface area contributed by atoms with Gasteiger partial charge in [-0.2, -0.15) is 5.26 Å². The lowest BCUT2D eigenvalue weighted by atomic mass is 10.2. The highest BCUT2D eigenvalue weighted by Gasteiger charge is 2.03. The number of hydrogen-bond acceptors (Lipinski definition) is 3. The Kier molecular flexibility index (Phi) is 6.34. The monoisotopic (exact) mass is 245 g/mol. The van der Waals surface area contributed by atoms with E-state index in [9.17, 15) is 4.79 Å². The smallest absolute Gasteiger partial charge is 0.239 e. The fourth-order valence-electron chi connectivity index (χ4n) is 1.58. The summed E-state index contributed by atoms with van der Waals surface area (Å²) in [6.45, 7) is 3.04. The summed E-state index contributed by atoms with van der Waals surface area (Å²) in [5.41, 5.74) is 1.25. The molecule has 0 aliphatic heterocycles. The predicted molar refractivity (Wildman–Crippen MR) is 72.2 cm³/mol. The van der Waals surface area contributed by atoms with Gasteiger partial charge < -0.3 is 10.6 Å². The standard InChI is InChI=1S/C14H19N3O/c1-2-3-6-9-16-14(18)11-17-13-8-5-4-7-12(13)10-15/h4-5,7-8,17H,2-3,6,9,11H2,1H3,(H,16,18). The zero-order valence-corrected chi connectivity index (χ0v) is 10.7. The molecule has 1 amide bonds. The SMILES string of the molecule is CCCCCNC(=O)CNc1ccccc1C#N. The Morgan fingerprint density at radius 2 is 2.11 bits per heavy atom. The number of nitriles is 1. The minimum absolute atomic E-state index is 0.0427. The van der Waals surface area contributed by atoms with Crippen molar-refractivity contribution in [1.29, 1.82) is 5.26 Å². The maximum Gasteiger partial charge on any atom is 0.239 e. The largest absolute Gasteiger partial charge is 0.375 e. The first-order valence-electron chi connectivity index (χ1n) is 6.27. The van der Waals surface area contributed by atoms with Crippen molar-refractivity contribution < 1.29 is 4.79 Å². The number of hydrogen-bond donors (Lipinski definition) is 2. The summed E-state index contributed by atoms with van der Waals surface area (Å²) in [6.07, 6.45) is 3.28. The molecule has 0 atom stereocenters. The number of amides is 1. The van der Waals surface area contributed by atoms with E-state index in [1.807, 2.05) is 6.07 Å². The molecular formula is C14H19N3O. The Bertz CT molecular complexity index is 423. The first-order valence-corrected chi connectivity index (χ1v) is 6.27. The number of benzene rings is 1. The second-order valence-electron chi connectivity index (χ2n) is 4.07. The molecule has 0 fully saturated rings. The first-order chi connectivity index (χ1) is 8.77. The van der Waals surface area contributed by atoms with Gasteiger partial charge in [-0.1, -0.05) is 31.9 Å². The van der Waals surface area contributed by atoms with Gasteiger partial charge >= 0.3 is 0 Å². The van der Waals surface area contributed by atoms with Crippen LogP contribution in [0.5, 0.6) is 0 Å². The number of nitrogens with one attached hydrogen (secondary N) is 2. The average Bonchev–Trinajstić information content (AvgIpc) is 2.41.